The largest absolute Gasteiger partial charge is 0.392 e. The summed E-state index contributed by atoms with van der Waals surface area (Å²) in [6.07, 6.45) is -3.34. The number of rotatable bonds is 6. The molecule has 1 aliphatic carbocycles. The van der Waals surface area contributed by atoms with Gasteiger partial charge in [0.1, 0.15) is 11.9 Å². The van der Waals surface area contributed by atoms with Crippen LogP contribution in [-0.2, 0) is 4.79 Å². The van der Waals surface area contributed by atoms with Crippen LogP contribution in [0.3, 0.4) is 0 Å². The van der Waals surface area contributed by atoms with Crippen molar-refractivity contribution in [2.75, 3.05) is 6.54 Å². The van der Waals surface area contributed by atoms with E-state index in [-0.39, 0.29) is 44.5 Å². The molecule has 9 heteroatoms. The molecule has 1 aliphatic rings. The quantitative estimate of drug-likeness (QED) is 0.193. The van der Waals surface area contributed by atoms with Crippen molar-refractivity contribution in [1.29, 1.82) is 0 Å². The number of carbonyl (C=O) groups excluding carboxylic acids is 1. The molecule has 0 saturated heterocycles. The highest BCUT2D eigenvalue weighted by atomic mass is 19.4. The summed E-state index contributed by atoms with van der Waals surface area (Å²) in [7, 11) is 0. The molecule has 0 aromatic rings. The molecule has 0 aromatic carbocycles. The maximum Gasteiger partial charge on any atom is 0.392 e. The predicted molar refractivity (Wildman–Crippen MR) is 94.5 cm³/mol. The lowest BCUT2D eigenvalue weighted by Crippen LogP contribution is -2.36. The summed E-state index contributed by atoms with van der Waals surface area (Å²) in [6.45, 7) is 3.12. The van der Waals surface area contributed by atoms with Gasteiger partial charge in [-0.3, -0.25) is 9.79 Å². The van der Waals surface area contributed by atoms with E-state index in [2.05, 4.69) is 10.9 Å². The van der Waals surface area contributed by atoms with Gasteiger partial charge in [-0.05, 0) is 38.2 Å². The second kappa shape index (κ2) is 9.99. The number of amidine groups is 1. The lowest BCUT2D eigenvalue weighted by atomic mass is 9.86. The van der Waals surface area contributed by atoms with Crippen molar-refractivity contribution in [3.63, 3.8) is 0 Å². The molecule has 0 bridgehead atoms. The molecule has 2 unspecified atom stereocenters. The number of terminal acetylenes is 1. The maximum atomic E-state index is 12.8. The molecule has 158 valence electrons. The molecule has 0 radical (unpaired) electrons. The van der Waals surface area contributed by atoms with E-state index in [1.54, 1.807) is 6.92 Å². The smallest absolute Gasteiger partial charge is 0.301 e. The highest BCUT2D eigenvalue weighted by Gasteiger charge is 2.40. The Labute approximate surface area is 160 Å². The fourth-order valence-electron chi connectivity index (χ4n) is 3.08. The van der Waals surface area contributed by atoms with Gasteiger partial charge in [0, 0.05) is 26.3 Å². The van der Waals surface area contributed by atoms with Crippen LogP contribution in [0.2, 0.25) is 0 Å². The number of allylic oxidation sites excluding steroid dienone is 1. The Bertz CT molecular complexity index is 642. The Balaban J connectivity index is 3.04. The third kappa shape index (κ3) is 7.56. The first-order valence-corrected chi connectivity index (χ1v) is 9.02. The number of halogens is 6. The van der Waals surface area contributed by atoms with Gasteiger partial charge in [-0.1, -0.05) is 12.0 Å². The zero-order chi connectivity index (χ0) is 21.5. The summed E-state index contributed by atoms with van der Waals surface area (Å²) in [4.78, 5) is 17.3. The minimum Gasteiger partial charge on any atom is -0.301 e. The second-order valence-corrected chi connectivity index (χ2v) is 6.64. The number of hydrogen-bond donors (Lipinski definition) is 0. The summed E-state index contributed by atoms with van der Waals surface area (Å²) in [5, 5.41) is 0. The number of aliphatic imine (C=N–C) groups is 1. The van der Waals surface area contributed by atoms with Crippen LogP contribution in [0.5, 0.6) is 0 Å². The summed E-state index contributed by atoms with van der Waals surface area (Å²) in [5.41, 5.74) is 0.524. The molecule has 1 amide bonds. The van der Waals surface area contributed by atoms with Crippen molar-refractivity contribution < 1.29 is 31.1 Å². The minimum atomic E-state index is -4.33. The predicted octanol–water partition coefficient (Wildman–Crippen LogP) is 5.28. The van der Waals surface area contributed by atoms with Crippen LogP contribution in [0.15, 0.2) is 16.6 Å². The van der Waals surface area contributed by atoms with E-state index >= 15 is 0 Å². The molecular weight excluding hydrogens is 386 g/mol. The van der Waals surface area contributed by atoms with Gasteiger partial charge < -0.3 is 4.90 Å². The normalized spacial score (nSPS) is 19.6. The SMILES string of the molecule is C#CC(/N=C(/CCCC(F)(F)F)N(CC)C(C)=O)C1=CCC(C(F)(F)F)CC1. The average Bonchev–Trinajstić information content (AvgIpc) is 2.57. The zero-order valence-corrected chi connectivity index (χ0v) is 15.8. The Morgan fingerprint density at radius 2 is 2.00 bits per heavy atom. The van der Waals surface area contributed by atoms with E-state index in [1.807, 2.05) is 0 Å². The van der Waals surface area contributed by atoms with E-state index < -0.39 is 36.6 Å². The van der Waals surface area contributed by atoms with E-state index in [1.165, 1.54) is 17.9 Å². The van der Waals surface area contributed by atoms with Crippen LogP contribution in [0, 0.1) is 18.3 Å². The zero-order valence-electron chi connectivity index (χ0n) is 15.8. The summed E-state index contributed by atoms with van der Waals surface area (Å²) < 4.78 is 75.8. The van der Waals surface area contributed by atoms with E-state index in [0.717, 1.165) is 0 Å². The van der Waals surface area contributed by atoms with Crippen LogP contribution in [0.1, 0.15) is 52.4 Å². The molecule has 0 N–H and O–H groups in total. The first-order chi connectivity index (χ1) is 12.9. The van der Waals surface area contributed by atoms with Gasteiger partial charge in [0.25, 0.3) is 0 Å². The first-order valence-electron chi connectivity index (χ1n) is 9.02. The molecule has 0 saturated carbocycles. The molecule has 28 heavy (non-hydrogen) atoms. The molecule has 0 fully saturated rings. The Morgan fingerprint density at radius 3 is 2.39 bits per heavy atom. The van der Waals surface area contributed by atoms with E-state index in [0.29, 0.717) is 5.57 Å². The maximum absolute atomic E-state index is 12.8. The molecule has 2 atom stereocenters. The second-order valence-electron chi connectivity index (χ2n) is 6.64. The van der Waals surface area contributed by atoms with Gasteiger partial charge in [0.05, 0.1) is 5.92 Å². The van der Waals surface area contributed by atoms with Crippen LogP contribution in [0.25, 0.3) is 0 Å². The highest BCUT2D eigenvalue weighted by molar-refractivity contribution is 5.97. The summed E-state index contributed by atoms with van der Waals surface area (Å²) >= 11 is 0. The van der Waals surface area contributed by atoms with Gasteiger partial charge in [-0.2, -0.15) is 26.3 Å². The van der Waals surface area contributed by atoms with Gasteiger partial charge in [-0.15, -0.1) is 6.42 Å². The fraction of sp³-hybridized carbons (Fsp3) is 0.684. The third-order valence-corrected chi connectivity index (χ3v) is 4.56. The van der Waals surface area contributed by atoms with Crippen molar-refractivity contribution in [3.05, 3.63) is 11.6 Å². The lowest BCUT2D eigenvalue weighted by Gasteiger charge is -2.27. The van der Waals surface area contributed by atoms with E-state index in [4.69, 9.17) is 6.42 Å². The topological polar surface area (TPSA) is 32.7 Å². The summed E-state index contributed by atoms with van der Waals surface area (Å²) in [5.74, 6) is 0.683. The van der Waals surface area contributed by atoms with Gasteiger partial charge in [0.2, 0.25) is 5.91 Å². The van der Waals surface area contributed by atoms with Crippen molar-refractivity contribution in [1.82, 2.24) is 4.90 Å². The number of hydrogen-bond acceptors (Lipinski definition) is 2. The molecule has 0 aromatic heterocycles. The highest BCUT2D eigenvalue weighted by Crippen LogP contribution is 2.38. The van der Waals surface area contributed by atoms with Crippen molar-refractivity contribution in [2.24, 2.45) is 10.9 Å². The molecule has 3 nitrogen and oxygen atoms in total. The van der Waals surface area contributed by atoms with Crippen molar-refractivity contribution in [3.8, 4) is 12.3 Å². The minimum absolute atomic E-state index is 0.102. The lowest BCUT2D eigenvalue weighted by molar-refractivity contribution is -0.176. The van der Waals surface area contributed by atoms with Crippen molar-refractivity contribution >= 4 is 11.7 Å². The monoisotopic (exact) mass is 410 g/mol. The van der Waals surface area contributed by atoms with E-state index in [9.17, 15) is 31.1 Å². The first kappa shape index (κ1) is 24.1. The Morgan fingerprint density at radius 1 is 1.36 bits per heavy atom. The number of alkyl halides is 6. The molecule has 0 aliphatic heterocycles. The van der Waals surface area contributed by atoms with Gasteiger partial charge >= 0.3 is 12.4 Å². The molecule has 0 heterocycles. The average molecular weight is 410 g/mol. The van der Waals surface area contributed by atoms with Crippen LogP contribution in [0.4, 0.5) is 26.3 Å². The number of nitrogens with zero attached hydrogens (tertiary/aromatic N) is 2. The summed E-state index contributed by atoms with van der Waals surface area (Å²) in [6, 6.07) is -0.900. The van der Waals surface area contributed by atoms with Crippen molar-refractivity contribution in [2.45, 2.75) is 70.8 Å². The molecule has 1 rings (SSSR count). The standard InChI is InChI=1S/C19H24F6N2O/c1-4-16(14-8-10-15(11-9-14)19(23,24)25)26-17(27(5-2)13(3)28)7-6-12-18(20,21)22/h1,8,15-16H,5-7,9-12H2,2-3H3/b26-17-. The Hall–Kier alpha value is -1.98. The van der Waals surface area contributed by atoms with Crippen LogP contribution in [-0.4, -0.2) is 41.6 Å². The fourth-order valence-corrected chi connectivity index (χ4v) is 3.08. The third-order valence-electron chi connectivity index (χ3n) is 4.56. The van der Waals surface area contributed by atoms with Crippen LogP contribution < -0.4 is 0 Å². The number of carbonyl (C=O) groups is 1. The molecule has 0 spiro atoms. The number of amides is 1. The van der Waals surface area contributed by atoms with Crippen LogP contribution >= 0.6 is 0 Å². The van der Waals surface area contributed by atoms with Gasteiger partial charge in [-0.25, -0.2) is 0 Å². The molecular formula is C19H24F6N2O. The van der Waals surface area contributed by atoms with Gasteiger partial charge in [0.15, 0.2) is 0 Å². The Kier molecular flexibility index (Phi) is 8.58.